The Morgan fingerprint density at radius 1 is 1.44 bits per heavy atom. The number of nitrogens with one attached hydrogen (secondary N) is 1. The van der Waals surface area contributed by atoms with Gasteiger partial charge in [0.15, 0.2) is 0 Å². The minimum absolute atomic E-state index is 0.163. The van der Waals surface area contributed by atoms with Gasteiger partial charge in [-0.15, -0.1) is 0 Å². The average Bonchev–Trinajstić information content (AvgIpc) is 2.75. The molecule has 0 amide bonds. The zero-order valence-corrected chi connectivity index (χ0v) is 11.2. The lowest BCUT2D eigenvalue weighted by Crippen LogP contribution is -2.41. The maximum atomic E-state index is 13.2. The summed E-state index contributed by atoms with van der Waals surface area (Å²) in [7, 11) is 0. The first kappa shape index (κ1) is 13.5. The zero-order chi connectivity index (χ0) is 13.0. The van der Waals surface area contributed by atoms with Crippen LogP contribution in [-0.2, 0) is 11.2 Å². The number of likely N-dealkylation sites (N-methyl/N-ethyl adjacent to an activating group) is 1. The Balaban J connectivity index is 2.01. The molecule has 0 saturated carbocycles. The number of hydrogen-bond acceptors (Lipinski definition) is 2. The average molecular weight is 251 g/mol. The fraction of sp³-hybridized carbons (Fsp3) is 0.600. The summed E-state index contributed by atoms with van der Waals surface area (Å²) in [5.41, 5.74) is 1.03. The van der Waals surface area contributed by atoms with Crippen molar-refractivity contribution in [2.45, 2.75) is 51.4 Å². The maximum absolute atomic E-state index is 13.2. The Morgan fingerprint density at radius 3 is 2.89 bits per heavy atom. The van der Waals surface area contributed by atoms with Gasteiger partial charge in [0.05, 0.1) is 12.2 Å². The fourth-order valence-corrected chi connectivity index (χ4v) is 2.64. The highest BCUT2D eigenvalue weighted by Crippen LogP contribution is 2.23. The molecule has 1 aliphatic heterocycles. The molecule has 18 heavy (non-hydrogen) atoms. The smallest absolute Gasteiger partial charge is 0.123 e. The Hall–Kier alpha value is -0.930. The molecule has 2 nitrogen and oxygen atoms in total. The minimum Gasteiger partial charge on any atom is -0.374 e. The molecular weight excluding hydrogens is 229 g/mol. The van der Waals surface area contributed by atoms with Gasteiger partial charge in [-0.1, -0.05) is 19.1 Å². The van der Waals surface area contributed by atoms with Gasteiger partial charge in [-0.2, -0.15) is 0 Å². The lowest BCUT2D eigenvalue weighted by molar-refractivity contribution is 0.0324. The van der Waals surface area contributed by atoms with Crippen LogP contribution in [0, 0.1) is 5.82 Å². The molecule has 3 atom stereocenters. The van der Waals surface area contributed by atoms with Crippen molar-refractivity contribution in [2.75, 3.05) is 6.54 Å². The Kier molecular flexibility index (Phi) is 4.72. The van der Waals surface area contributed by atoms with E-state index in [2.05, 4.69) is 19.2 Å². The van der Waals surface area contributed by atoms with Crippen molar-refractivity contribution < 1.29 is 9.13 Å². The van der Waals surface area contributed by atoms with Gasteiger partial charge in [0.2, 0.25) is 0 Å². The number of rotatable bonds is 5. The number of benzene rings is 1. The molecule has 1 aromatic rings. The molecule has 1 aliphatic rings. The Bertz CT molecular complexity index is 383. The lowest BCUT2D eigenvalue weighted by atomic mass is 9.99. The molecule has 3 unspecified atom stereocenters. The molecule has 2 rings (SSSR count). The number of hydrogen-bond donors (Lipinski definition) is 1. The van der Waals surface area contributed by atoms with E-state index in [1.807, 2.05) is 6.07 Å². The highest BCUT2D eigenvalue weighted by atomic mass is 19.1. The van der Waals surface area contributed by atoms with Crippen LogP contribution in [-0.4, -0.2) is 24.8 Å². The SMILES string of the molecule is CCNC(Cc1cccc(F)c1)C1CCC(C)O1. The maximum Gasteiger partial charge on any atom is 0.123 e. The molecule has 0 bridgehead atoms. The number of ether oxygens (including phenoxy) is 1. The van der Waals surface area contributed by atoms with E-state index in [0.29, 0.717) is 6.10 Å². The third kappa shape index (κ3) is 3.53. The van der Waals surface area contributed by atoms with Crippen LogP contribution < -0.4 is 5.32 Å². The molecule has 1 N–H and O–H groups in total. The van der Waals surface area contributed by atoms with Crippen LogP contribution >= 0.6 is 0 Å². The monoisotopic (exact) mass is 251 g/mol. The van der Waals surface area contributed by atoms with Crippen LogP contribution in [0.5, 0.6) is 0 Å². The summed E-state index contributed by atoms with van der Waals surface area (Å²) in [5, 5.41) is 3.47. The van der Waals surface area contributed by atoms with E-state index >= 15 is 0 Å². The summed E-state index contributed by atoms with van der Waals surface area (Å²) in [4.78, 5) is 0. The largest absolute Gasteiger partial charge is 0.374 e. The van der Waals surface area contributed by atoms with Gasteiger partial charge in [0, 0.05) is 6.04 Å². The first-order valence-electron chi connectivity index (χ1n) is 6.82. The number of halogens is 1. The topological polar surface area (TPSA) is 21.3 Å². The standard InChI is InChI=1S/C15H22FNO/c1-3-17-14(15-8-7-11(2)18-15)10-12-5-4-6-13(16)9-12/h4-6,9,11,14-15,17H,3,7-8,10H2,1-2H3. The van der Waals surface area contributed by atoms with Crippen LogP contribution in [0.4, 0.5) is 4.39 Å². The first-order valence-corrected chi connectivity index (χ1v) is 6.82. The highest BCUT2D eigenvalue weighted by molar-refractivity contribution is 5.18. The van der Waals surface area contributed by atoms with Crippen molar-refractivity contribution >= 4 is 0 Å². The van der Waals surface area contributed by atoms with E-state index in [1.165, 1.54) is 6.07 Å². The molecule has 0 spiro atoms. The van der Waals surface area contributed by atoms with Crippen LogP contribution in [0.25, 0.3) is 0 Å². The van der Waals surface area contributed by atoms with Gasteiger partial charge >= 0.3 is 0 Å². The van der Waals surface area contributed by atoms with Crippen molar-refractivity contribution in [1.29, 1.82) is 0 Å². The summed E-state index contributed by atoms with van der Waals surface area (Å²) in [6.07, 6.45) is 3.64. The quantitative estimate of drug-likeness (QED) is 0.868. The van der Waals surface area contributed by atoms with Crippen LogP contribution in [0.15, 0.2) is 24.3 Å². The summed E-state index contributed by atoms with van der Waals surface area (Å²) >= 11 is 0. The van der Waals surface area contributed by atoms with E-state index in [-0.39, 0.29) is 18.0 Å². The summed E-state index contributed by atoms with van der Waals surface area (Å²) in [6.45, 7) is 5.12. The van der Waals surface area contributed by atoms with Gasteiger partial charge in [0.25, 0.3) is 0 Å². The predicted molar refractivity (Wildman–Crippen MR) is 71.1 cm³/mol. The zero-order valence-electron chi connectivity index (χ0n) is 11.2. The van der Waals surface area contributed by atoms with Crippen molar-refractivity contribution in [2.24, 2.45) is 0 Å². The van der Waals surface area contributed by atoms with Crippen molar-refractivity contribution in [3.8, 4) is 0 Å². The van der Waals surface area contributed by atoms with E-state index in [9.17, 15) is 4.39 Å². The molecule has 1 heterocycles. The lowest BCUT2D eigenvalue weighted by Gasteiger charge is -2.24. The molecule has 1 fully saturated rings. The third-order valence-corrected chi connectivity index (χ3v) is 3.52. The summed E-state index contributed by atoms with van der Waals surface area (Å²) < 4.78 is 19.1. The summed E-state index contributed by atoms with van der Waals surface area (Å²) in [5.74, 6) is -0.163. The molecule has 1 aromatic carbocycles. The van der Waals surface area contributed by atoms with E-state index in [0.717, 1.165) is 31.4 Å². The second-order valence-corrected chi connectivity index (χ2v) is 5.06. The van der Waals surface area contributed by atoms with Gasteiger partial charge < -0.3 is 10.1 Å². The van der Waals surface area contributed by atoms with Crippen LogP contribution in [0.3, 0.4) is 0 Å². The van der Waals surface area contributed by atoms with Crippen molar-refractivity contribution in [1.82, 2.24) is 5.32 Å². The molecule has 1 saturated heterocycles. The second-order valence-electron chi connectivity index (χ2n) is 5.06. The molecule has 100 valence electrons. The Labute approximate surface area is 109 Å². The van der Waals surface area contributed by atoms with E-state index in [1.54, 1.807) is 12.1 Å². The normalized spacial score (nSPS) is 25.3. The fourth-order valence-electron chi connectivity index (χ4n) is 2.64. The van der Waals surface area contributed by atoms with Gasteiger partial charge in [-0.25, -0.2) is 4.39 Å². The minimum atomic E-state index is -0.163. The van der Waals surface area contributed by atoms with Gasteiger partial charge in [-0.3, -0.25) is 0 Å². The second kappa shape index (κ2) is 6.30. The van der Waals surface area contributed by atoms with Gasteiger partial charge in [0.1, 0.15) is 5.82 Å². The van der Waals surface area contributed by atoms with Crippen molar-refractivity contribution in [3.05, 3.63) is 35.6 Å². The third-order valence-electron chi connectivity index (χ3n) is 3.52. The molecular formula is C15H22FNO. The van der Waals surface area contributed by atoms with Crippen molar-refractivity contribution in [3.63, 3.8) is 0 Å². The molecule has 3 heteroatoms. The Morgan fingerprint density at radius 2 is 2.28 bits per heavy atom. The van der Waals surface area contributed by atoms with Crippen LogP contribution in [0.1, 0.15) is 32.3 Å². The van der Waals surface area contributed by atoms with Gasteiger partial charge in [-0.05, 0) is 50.4 Å². The predicted octanol–water partition coefficient (Wildman–Crippen LogP) is 2.91. The van der Waals surface area contributed by atoms with E-state index in [4.69, 9.17) is 4.74 Å². The van der Waals surface area contributed by atoms with Crippen LogP contribution in [0.2, 0.25) is 0 Å². The molecule has 0 aliphatic carbocycles. The van der Waals surface area contributed by atoms with E-state index < -0.39 is 0 Å². The summed E-state index contributed by atoms with van der Waals surface area (Å²) in [6, 6.07) is 7.13. The first-order chi connectivity index (χ1) is 8.69. The highest BCUT2D eigenvalue weighted by Gasteiger charge is 2.29. The molecule has 0 radical (unpaired) electrons. The molecule has 0 aromatic heterocycles.